The van der Waals surface area contributed by atoms with Crippen LogP contribution in [0.3, 0.4) is 0 Å². The van der Waals surface area contributed by atoms with Crippen LogP contribution in [0.25, 0.3) is 11.3 Å². The topological polar surface area (TPSA) is 134 Å². The molecule has 0 aliphatic rings. The highest BCUT2D eigenvalue weighted by molar-refractivity contribution is 9.10. The van der Waals surface area contributed by atoms with Gasteiger partial charge in [-0.25, -0.2) is 23.7 Å². The molecule has 0 fully saturated rings. The van der Waals surface area contributed by atoms with Crippen LogP contribution in [0.4, 0.5) is 8.78 Å². The number of nitrogens with zero attached hydrogens (tertiary/aromatic N) is 3. The quantitative estimate of drug-likeness (QED) is 0.537. The van der Waals surface area contributed by atoms with Crippen LogP contribution in [0.5, 0.6) is 11.8 Å². The molecule has 1 aromatic carbocycles. The Morgan fingerprint density at radius 3 is 2.62 bits per heavy atom. The zero-order valence-corrected chi connectivity index (χ0v) is 16.3. The minimum absolute atomic E-state index is 0.116. The number of methoxy groups -OCH3 is 1. The smallest absolute Gasteiger partial charge is 0.316 e. The summed E-state index contributed by atoms with van der Waals surface area (Å²) in [5, 5.41) is 9.63. The summed E-state index contributed by atoms with van der Waals surface area (Å²) in [6, 6.07) is 1.93. The fourth-order valence-corrected chi connectivity index (χ4v) is 2.83. The van der Waals surface area contributed by atoms with E-state index in [1.165, 1.54) is 19.5 Å². The predicted octanol–water partition coefficient (Wildman–Crippen LogP) is 2.39. The third-order valence-corrected chi connectivity index (χ3v) is 4.24. The summed E-state index contributed by atoms with van der Waals surface area (Å²) >= 11 is 3.19. The Morgan fingerprint density at radius 1 is 1.34 bits per heavy atom. The van der Waals surface area contributed by atoms with Gasteiger partial charge in [-0.3, -0.25) is 4.79 Å². The third kappa shape index (κ3) is 4.17. The number of oxazole rings is 1. The first kappa shape index (κ1) is 20.6. The zero-order valence-electron chi connectivity index (χ0n) is 14.7. The van der Waals surface area contributed by atoms with Gasteiger partial charge < -0.3 is 24.7 Å². The molecular formula is C17H13BrF2N4O5. The van der Waals surface area contributed by atoms with Gasteiger partial charge in [0.05, 0.1) is 13.7 Å². The molecule has 29 heavy (non-hydrogen) atoms. The van der Waals surface area contributed by atoms with E-state index in [2.05, 4.69) is 30.9 Å². The van der Waals surface area contributed by atoms with E-state index in [0.29, 0.717) is 11.3 Å². The molecule has 0 spiro atoms. The van der Waals surface area contributed by atoms with Gasteiger partial charge in [0, 0.05) is 18.0 Å². The number of amides is 1. The number of carbonyl (C=O) groups is 1. The highest BCUT2D eigenvalue weighted by atomic mass is 79.9. The molecule has 2 aromatic heterocycles. The van der Waals surface area contributed by atoms with Crippen molar-refractivity contribution >= 4 is 21.8 Å². The number of halogens is 3. The summed E-state index contributed by atoms with van der Waals surface area (Å²) in [5.41, 5.74) is 4.79. The van der Waals surface area contributed by atoms with Crippen molar-refractivity contribution in [1.82, 2.24) is 15.0 Å². The Morgan fingerprint density at radius 2 is 2.03 bits per heavy atom. The van der Waals surface area contributed by atoms with E-state index in [9.17, 15) is 18.7 Å². The minimum atomic E-state index is -1.30. The normalized spacial score (nSPS) is 11.9. The van der Waals surface area contributed by atoms with Crippen molar-refractivity contribution in [3.8, 4) is 23.0 Å². The van der Waals surface area contributed by atoms with Crippen LogP contribution in [0.1, 0.15) is 22.4 Å². The molecule has 0 saturated heterocycles. The fourth-order valence-electron chi connectivity index (χ4n) is 2.35. The number of ether oxygens (including phenoxy) is 2. The van der Waals surface area contributed by atoms with Crippen molar-refractivity contribution in [2.75, 3.05) is 13.7 Å². The summed E-state index contributed by atoms with van der Waals surface area (Å²) in [7, 11) is 1.42. The predicted molar refractivity (Wildman–Crippen MR) is 97.1 cm³/mol. The maximum absolute atomic E-state index is 14.4. The molecule has 3 aromatic rings. The molecule has 12 heteroatoms. The van der Waals surface area contributed by atoms with Gasteiger partial charge in [0.25, 0.3) is 5.91 Å². The van der Waals surface area contributed by atoms with Crippen molar-refractivity contribution in [2.45, 2.75) is 6.10 Å². The molecule has 9 nitrogen and oxygen atoms in total. The summed E-state index contributed by atoms with van der Waals surface area (Å²) < 4.78 is 43.8. The van der Waals surface area contributed by atoms with Gasteiger partial charge in [-0.05, 0) is 28.1 Å². The average molecular weight is 471 g/mol. The highest BCUT2D eigenvalue weighted by Crippen LogP contribution is 2.33. The van der Waals surface area contributed by atoms with Gasteiger partial charge in [-0.1, -0.05) is 0 Å². The maximum Gasteiger partial charge on any atom is 0.316 e. The van der Waals surface area contributed by atoms with Gasteiger partial charge in [0.15, 0.2) is 22.3 Å². The molecule has 0 bridgehead atoms. The number of hydrogen-bond acceptors (Lipinski definition) is 8. The first-order valence-corrected chi connectivity index (χ1v) is 8.73. The molecular weight excluding hydrogens is 458 g/mol. The Kier molecular flexibility index (Phi) is 6.03. The third-order valence-electron chi connectivity index (χ3n) is 3.70. The maximum atomic E-state index is 14.4. The summed E-state index contributed by atoms with van der Waals surface area (Å²) in [5.74, 6) is -4.36. The van der Waals surface area contributed by atoms with Crippen LogP contribution in [0, 0.1) is 11.6 Å². The van der Waals surface area contributed by atoms with Crippen LogP contribution in [-0.2, 0) is 0 Å². The lowest BCUT2D eigenvalue weighted by Crippen LogP contribution is -2.18. The van der Waals surface area contributed by atoms with Crippen LogP contribution < -0.4 is 15.2 Å². The molecule has 152 valence electrons. The van der Waals surface area contributed by atoms with Crippen LogP contribution in [-0.4, -0.2) is 39.7 Å². The molecule has 1 amide bonds. The summed E-state index contributed by atoms with van der Waals surface area (Å²) in [6.45, 7) is -0.659. The number of aliphatic hydroxyl groups excluding tert-OH is 1. The Hall–Kier alpha value is -3.12. The molecule has 2 heterocycles. The lowest BCUT2D eigenvalue weighted by molar-refractivity contribution is 0.0880. The number of nitrogens with two attached hydrogens (primary N) is 1. The molecule has 3 N–H and O–H groups in total. The van der Waals surface area contributed by atoms with Crippen molar-refractivity contribution < 1.29 is 32.6 Å². The highest BCUT2D eigenvalue weighted by Gasteiger charge is 2.26. The van der Waals surface area contributed by atoms with Crippen molar-refractivity contribution in [3.63, 3.8) is 0 Å². The molecule has 1 atom stereocenters. The first-order chi connectivity index (χ1) is 13.8. The SMILES string of the molecule is COc1ncc(-c2nc([C@@H](CO)Oc3ccc(F)c(C(N)=O)c3F)oc2Br)cn1. The van der Waals surface area contributed by atoms with Crippen molar-refractivity contribution in [2.24, 2.45) is 5.73 Å². The van der Waals surface area contributed by atoms with Gasteiger partial charge >= 0.3 is 6.01 Å². The Labute approximate surface area is 170 Å². The van der Waals surface area contributed by atoms with E-state index in [0.717, 1.165) is 12.1 Å². The second-order valence-corrected chi connectivity index (χ2v) is 6.24. The van der Waals surface area contributed by atoms with Crippen LogP contribution >= 0.6 is 15.9 Å². The molecule has 0 radical (unpaired) electrons. The van der Waals surface area contributed by atoms with Gasteiger partial charge in [-0.15, -0.1) is 0 Å². The molecule has 3 rings (SSSR count). The van der Waals surface area contributed by atoms with Crippen molar-refractivity contribution in [1.29, 1.82) is 0 Å². The average Bonchev–Trinajstić information content (AvgIpc) is 3.08. The van der Waals surface area contributed by atoms with E-state index < -0.39 is 41.6 Å². The monoisotopic (exact) mass is 470 g/mol. The zero-order chi connectivity index (χ0) is 21.1. The minimum Gasteiger partial charge on any atom is -0.475 e. The van der Waals surface area contributed by atoms with Gasteiger partial charge in [0.2, 0.25) is 5.89 Å². The fraction of sp³-hybridized carbons (Fsp3) is 0.176. The van der Waals surface area contributed by atoms with E-state index in [-0.39, 0.29) is 16.6 Å². The molecule has 0 aliphatic heterocycles. The first-order valence-electron chi connectivity index (χ1n) is 7.93. The van der Waals surface area contributed by atoms with Crippen molar-refractivity contribution in [3.05, 3.63) is 52.3 Å². The number of hydrogen-bond donors (Lipinski definition) is 2. The van der Waals surface area contributed by atoms with E-state index >= 15 is 0 Å². The number of rotatable bonds is 7. The van der Waals surface area contributed by atoms with E-state index in [1.807, 2.05) is 0 Å². The summed E-state index contributed by atoms with van der Waals surface area (Å²) in [6.07, 6.45) is 1.61. The molecule has 0 unspecified atom stereocenters. The van der Waals surface area contributed by atoms with Gasteiger partial charge in [-0.2, -0.15) is 0 Å². The number of carbonyl (C=O) groups excluding carboxylic acids is 1. The van der Waals surface area contributed by atoms with Crippen LogP contribution in [0.2, 0.25) is 0 Å². The van der Waals surface area contributed by atoms with Crippen LogP contribution in [0.15, 0.2) is 33.6 Å². The Bertz CT molecular complexity index is 1050. The number of aromatic nitrogens is 3. The number of primary amides is 1. The molecule has 0 saturated carbocycles. The summed E-state index contributed by atoms with van der Waals surface area (Å²) in [4.78, 5) is 23.4. The van der Waals surface area contributed by atoms with Gasteiger partial charge in [0.1, 0.15) is 17.1 Å². The number of benzene rings is 1. The lowest BCUT2D eigenvalue weighted by atomic mass is 10.1. The second-order valence-electron chi connectivity index (χ2n) is 5.52. The van der Waals surface area contributed by atoms with E-state index in [4.69, 9.17) is 19.6 Å². The standard InChI is InChI=1S/C17H13BrF2N4O5/c1-27-17-22-4-7(5-23-17)13-14(18)29-16(24-13)10(6-25)28-9-3-2-8(19)11(12(9)20)15(21)26/h2-5,10,25H,6H2,1H3,(H2,21,26)/t10-/m1/s1. The number of aliphatic hydroxyl groups is 1. The Balaban J connectivity index is 1.92. The van der Waals surface area contributed by atoms with E-state index in [1.54, 1.807) is 0 Å². The lowest BCUT2D eigenvalue weighted by Gasteiger charge is -2.15. The molecule has 0 aliphatic carbocycles. The largest absolute Gasteiger partial charge is 0.475 e. The second kappa shape index (κ2) is 8.49.